The summed E-state index contributed by atoms with van der Waals surface area (Å²) in [5.41, 5.74) is 14.8. The number of hydrogen-bond donors (Lipinski definition) is 2. The van der Waals surface area contributed by atoms with E-state index in [9.17, 15) is 0 Å². The molecule has 0 saturated heterocycles. The molecule has 3 rings (SSSR count). The van der Waals surface area contributed by atoms with Crippen LogP contribution in [0.4, 0.5) is 0 Å². The minimum atomic E-state index is -0.611. The van der Waals surface area contributed by atoms with E-state index >= 15 is 0 Å². The van der Waals surface area contributed by atoms with Crippen LogP contribution in [-0.4, -0.2) is 5.66 Å². The fraction of sp³-hybridized carbons (Fsp3) is 0.400. The van der Waals surface area contributed by atoms with E-state index in [0.717, 1.165) is 19.3 Å². The summed E-state index contributed by atoms with van der Waals surface area (Å²) in [6.07, 6.45) is 2.77. The first-order valence-electron chi connectivity index (χ1n) is 8.06. The zero-order valence-corrected chi connectivity index (χ0v) is 13.5. The molecule has 0 aliphatic heterocycles. The number of benzene rings is 2. The molecule has 0 unspecified atom stereocenters. The molecule has 116 valence electrons. The van der Waals surface area contributed by atoms with Crippen molar-refractivity contribution in [1.82, 2.24) is 0 Å². The molecule has 0 spiro atoms. The molecule has 22 heavy (non-hydrogen) atoms. The summed E-state index contributed by atoms with van der Waals surface area (Å²) in [5, 5.41) is 0. The highest BCUT2D eigenvalue weighted by molar-refractivity contribution is 5.41. The molecule has 2 aromatic carbocycles. The Balaban J connectivity index is 2.14. The maximum atomic E-state index is 6.41. The van der Waals surface area contributed by atoms with Crippen LogP contribution < -0.4 is 11.5 Å². The Bertz CT molecular complexity index is 590. The smallest absolute Gasteiger partial charge is 0.0689 e. The lowest BCUT2D eigenvalue weighted by atomic mass is 9.54. The highest BCUT2D eigenvalue weighted by Crippen LogP contribution is 2.53. The average Bonchev–Trinajstić information content (AvgIpc) is 2.52. The summed E-state index contributed by atoms with van der Waals surface area (Å²) in [5.74, 6) is 0. The maximum absolute atomic E-state index is 6.41. The summed E-state index contributed by atoms with van der Waals surface area (Å²) in [4.78, 5) is 0. The molecule has 0 radical (unpaired) electrons. The van der Waals surface area contributed by atoms with E-state index in [-0.39, 0.29) is 10.8 Å². The van der Waals surface area contributed by atoms with E-state index < -0.39 is 5.66 Å². The minimum Gasteiger partial charge on any atom is -0.313 e. The summed E-state index contributed by atoms with van der Waals surface area (Å²) < 4.78 is 0. The van der Waals surface area contributed by atoms with Gasteiger partial charge in [0.15, 0.2) is 0 Å². The van der Waals surface area contributed by atoms with Crippen molar-refractivity contribution in [2.75, 3.05) is 0 Å². The second-order valence-corrected chi connectivity index (χ2v) is 7.42. The molecular formula is C20H26N2. The molecule has 1 aliphatic carbocycles. The predicted octanol–water partition coefficient (Wildman–Crippen LogP) is 3.80. The van der Waals surface area contributed by atoms with Crippen molar-refractivity contribution < 1.29 is 0 Å². The van der Waals surface area contributed by atoms with Gasteiger partial charge in [-0.05, 0) is 35.8 Å². The van der Waals surface area contributed by atoms with Crippen LogP contribution >= 0.6 is 0 Å². The first-order chi connectivity index (χ1) is 10.4. The van der Waals surface area contributed by atoms with E-state index in [4.69, 9.17) is 11.5 Å². The van der Waals surface area contributed by atoms with E-state index in [0.29, 0.717) is 0 Å². The zero-order chi connectivity index (χ0) is 15.8. The lowest BCUT2D eigenvalue weighted by molar-refractivity contribution is 0.0634. The first kappa shape index (κ1) is 15.3. The Morgan fingerprint density at radius 3 is 1.59 bits per heavy atom. The SMILES string of the molecule is CC1(C)CC(c2ccccc2)(c2ccccc2)CCC1(N)N. The Morgan fingerprint density at radius 1 is 0.727 bits per heavy atom. The molecule has 1 aliphatic rings. The van der Waals surface area contributed by atoms with Crippen molar-refractivity contribution in [1.29, 1.82) is 0 Å². The van der Waals surface area contributed by atoms with Gasteiger partial charge in [0.25, 0.3) is 0 Å². The van der Waals surface area contributed by atoms with Gasteiger partial charge in [0.1, 0.15) is 0 Å². The maximum Gasteiger partial charge on any atom is 0.0689 e. The van der Waals surface area contributed by atoms with Gasteiger partial charge >= 0.3 is 0 Å². The highest BCUT2D eigenvalue weighted by atomic mass is 15.0. The molecule has 0 amide bonds. The van der Waals surface area contributed by atoms with Crippen LogP contribution in [0.15, 0.2) is 60.7 Å². The lowest BCUT2D eigenvalue weighted by Gasteiger charge is -2.54. The van der Waals surface area contributed by atoms with Crippen molar-refractivity contribution in [2.24, 2.45) is 16.9 Å². The highest BCUT2D eigenvalue weighted by Gasteiger charge is 2.51. The Labute approximate surface area is 133 Å². The molecule has 2 heteroatoms. The van der Waals surface area contributed by atoms with Crippen LogP contribution in [0.3, 0.4) is 0 Å². The lowest BCUT2D eigenvalue weighted by Crippen LogP contribution is -2.65. The second kappa shape index (κ2) is 5.22. The van der Waals surface area contributed by atoms with Crippen molar-refractivity contribution in [3.63, 3.8) is 0 Å². The van der Waals surface area contributed by atoms with Crippen LogP contribution in [0.1, 0.15) is 44.2 Å². The van der Waals surface area contributed by atoms with Crippen molar-refractivity contribution in [3.05, 3.63) is 71.8 Å². The van der Waals surface area contributed by atoms with E-state index in [1.165, 1.54) is 11.1 Å². The summed E-state index contributed by atoms with van der Waals surface area (Å²) in [6, 6.07) is 21.6. The van der Waals surface area contributed by atoms with Gasteiger partial charge in [0.2, 0.25) is 0 Å². The van der Waals surface area contributed by atoms with E-state index in [1.807, 2.05) is 0 Å². The van der Waals surface area contributed by atoms with E-state index in [2.05, 4.69) is 74.5 Å². The number of rotatable bonds is 2. The van der Waals surface area contributed by atoms with Gasteiger partial charge in [-0.3, -0.25) is 0 Å². The van der Waals surface area contributed by atoms with E-state index in [1.54, 1.807) is 0 Å². The molecule has 1 fully saturated rings. The number of nitrogens with two attached hydrogens (primary N) is 2. The monoisotopic (exact) mass is 294 g/mol. The zero-order valence-electron chi connectivity index (χ0n) is 13.5. The van der Waals surface area contributed by atoms with Crippen LogP contribution in [0.2, 0.25) is 0 Å². The molecule has 2 aromatic rings. The van der Waals surface area contributed by atoms with Crippen LogP contribution in [0, 0.1) is 5.41 Å². The second-order valence-electron chi connectivity index (χ2n) is 7.42. The fourth-order valence-electron chi connectivity index (χ4n) is 3.94. The normalized spacial score (nSPS) is 22.2. The fourth-order valence-corrected chi connectivity index (χ4v) is 3.94. The number of hydrogen-bond acceptors (Lipinski definition) is 2. The third-order valence-electron chi connectivity index (χ3n) is 5.62. The summed E-state index contributed by atoms with van der Waals surface area (Å²) in [7, 11) is 0. The molecular weight excluding hydrogens is 268 g/mol. The van der Waals surface area contributed by atoms with Gasteiger partial charge in [-0.15, -0.1) is 0 Å². The predicted molar refractivity (Wildman–Crippen MR) is 92.4 cm³/mol. The van der Waals surface area contributed by atoms with Crippen molar-refractivity contribution >= 4 is 0 Å². The quantitative estimate of drug-likeness (QED) is 0.828. The van der Waals surface area contributed by atoms with Crippen molar-refractivity contribution in [3.8, 4) is 0 Å². The van der Waals surface area contributed by atoms with Gasteiger partial charge in [0, 0.05) is 5.41 Å². The Morgan fingerprint density at radius 2 is 1.18 bits per heavy atom. The van der Waals surface area contributed by atoms with Crippen molar-refractivity contribution in [2.45, 2.75) is 44.2 Å². The average molecular weight is 294 g/mol. The van der Waals surface area contributed by atoms with Gasteiger partial charge in [-0.2, -0.15) is 0 Å². The summed E-state index contributed by atoms with van der Waals surface area (Å²) in [6.45, 7) is 4.40. The molecule has 0 bridgehead atoms. The van der Waals surface area contributed by atoms with Gasteiger partial charge < -0.3 is 11.5 Å². The third-order valence-corrected chi connectivity index (χ3v) is 5.62. The molecule has 0 heterocycles. The first-order valence-corrected chi connectivity index (χ1v) is 8.06. The molecule has 2 nitrogen and oxygen atoms in total. The third kappa shape index (κ3) is 2.37. The summed E-state index contributed by atoms with van der Waals surface area (Å²) >= 11 is 0. The van der Waals surface area contributed by atoms with Crippen LogP contribution in [0.5, 0.6) is 0 Å². The minimum absolute atomic E-state index is 0.00569. The van der Waals surface area contributed by atoms with Crippen LogP contribution in [0.25, 0.3) is 0 Å². The Hall–Kier alpha value is -1.64. The molecule has 0 aromatic heterocycles. The Kier molecular flexibility index (Phi) is 3.62. The topological polar surface area (TPSA) is 52.0 Å². The van der Waals surface area contributed by atoms with Gasteiger partial charge in [-0.1, -0.05) is 74.5 Å². The molecule has 1 saturated carbocycles. The molecule has 0 atom stereocenters. The van der Waals surface area contributed by atoms with Gasteiger partial charge in [0.05, 0.1) is 5.66 Å². The molecule has 4 N–H and O–H groups in total. The largest absolute Gasteiger partial charge is 0.313 e. The van der Waals surface area contributed by atoms with Gasteiger partial charge in [-0.25, -0.2) is 0 Å². The standard InChI is InChI=1S/C20H26N2/c1-18(2)15-19(13-14-20(18,21)22,16-9-5-3-6-10-16)17-11-7-4-8-12-17/h3-12H,13-15,21-22H2,1-2H3. The van der Waals surface area contributed by atoms with Crippen LogP contribution in [-0.2, 0) is 5.41 Å².